The van der Waals surface area contributed by atoms with Crippen molar-refractivity contribution in [1.82, 2.24) is 0 Å². The van der Waals surface area contributed by atoms with Crippen LogP contribution < -0.4 is 0 Å². The summed E-state index contributed by atoms with van der Waals surface area (Å²) in [6.45, 7) is 3.87. The summed E-state index contributed by atoms with van der Waals surface area (Å²) in [6.07, 6.45) is 0.775. The summed E-state index contributed by atoms with van der Waals surface area (Å²) in [7, 11) is 0. The van der Waals surface area contributed by atoms with Crippen LogP contribution in [0.3, 0.4) is 0 Å². The fraction of sp³-hybridized carbons (Fsp3) is 0.250. The molecule has 0 radical (unpaired) electrons. The molecule has 2 nitrogen and oxygen atoms in total. The maximum atomic E-state index is 11.0. The van der Waals surface area contributed by atoms with Crippen molar-refractivity contribution in [3.63, 3.8) is 0 Å². The molecule has 1 aromatic carbocycles. The number of allylic oxidation sites excluding steroid dienone is 1. The van der Waals surface area contributed by atoms with Crippen molar-refractivity contribution >= 4 is 11.5 Å². The Balaban J connectivity index is 2.61. The Bertz CT molecular complexity index is 442. The molecule has 14 heavy (non-hydrogen) atoms. The molecule has 0 aliphatic heterocycles. The SMILES string of the molecule is CC1=C(C(=O)O)c2cc(C)ccc2C1. The number of rotatable bonds is 1. The third kappa shape index (κ3) is 1.23. The summed E-state index contributed by atoms with van der Waals surface area (Å²) in [5, 5.41) is 9.06. The second-order valence-electron chi connectivity index (χ2n) is 3.80. The van der Waals surface area contributed by atoms with Crippen LogP contribution >= 0.6 is 0 Å². The first-order chi connectivity index (χ1) is 6.59. The molecule has 2 heteroatoms. The van der Waals surface area contributed by atoms with Crippen LogP contribution in [0, 0.1) is 6.92 Å². The number of carbonyl (C=O) groups is 1. The van der Waals surface area contributed by atoms with E-state index in [2.05, 4.69) is 0 Å². The highest BCUT2D eigenvalue weighted by atomic mass is 16.4. The highest BCUT2D eigenvalue weighted by Gasteiger charge is 2.23. The van der Waals surface area contributed by atoms with Gasteiger partial charge >= 0.3 is 5.97 Å². The van der Waals surface area contributed by atoms with Crippen molar-refractivity contribution in [2.24, 2.45) is 0 Å². The maximum Gasteiger partial charge on any atom is 0.336 e. The van der Waals surface area contributed by atoms with Crippen LogP contribution in [-0.2, 0) is 11.2 Å². The summed E-state index contributed by atoms with van der Waals surface area (Å²) < 4.78 is 0. The fourth-order valence-corrected chi connectivity index (χ4v) is 1.98. The summed E-state index contributed by atoms with van der Waals surface area (Å²) in [4.78, 5) is 11.0. The standard InChI is InChI=1S/C12H12O2/c1-7-3-4-9-6-8(2)11(12(13)14)10(9)5-7/h3-5H,6H2,1-2H3,(H,13,14). The number of fused-ring (bicyclic) bond motifs is 1. The van der Waals surface area contributed by atoms with Gasteiger partial charge in [-0.15, -0.1) is 0 Å². The van der Waals surface area contributed by atoms with E-state index >= 15 is 0 Å². The van der Waals surface area contributed by atoms with Gasteiger partial charge in [-0.3, -0.25) is 0 Å². The molecule has 1 aliphatic rings. The molecule has 0 bridgehead atoms. The number of aryl methyl sites for hydroxylation is 1. The Hall–Kier alpha value is -1.57. The predicted molar refractivity (Wildman–Crippen MR) is 55.1 cm³/mol. The van der Waals surface area contributed by atoms with Crippen LogP contribution in [0.2, 0.25) is 0 Å². The number of hydrogen-bond acceptors (Lipinski definition) is 1. The van der Waals surface area contributed by atoms with Crippen molar-refractivity contribution in [2.45, 2.75) is 20.3 Å². The first-order valence-electron chi connectivity index (χ1n) is 4.62. The Morgan fingerprint density at radius 1 is 1.36 bits per heavy atom. The molecule has 72 valence electrons. The summed E-state index contributed by atoms with van der Waals surface area (Å²) in [5.41, 5.74) is 4.58. The lowest BCUT2D eigenvalue weighted by atomic mass is 10.0. The largest absolute Gasteiger partial charge is 0.478 e. The molecule has 0 fully saturated rings. The Labute approximate surface area is 82.9 Å². The Kier molecular flexibility index (Phi) is 1.92. The first-order valence-corrected chi connectivity index (χ1v) is 4.62. The highest BCUT2D eigenvalue weighted by molar-refractivity contribution is 6.18. The minimum absolute atomic E-state index is 0.490. The van der Waals surface area contributed by atoms with E-state index in [0.717, 1.165) is 28.7 Å². The second-order valence-corrected chi connectivity index (χ2v) is 3.80. The lowest BCUT2D eigenvalue weighted by Crippen LogP contribution is -1.99. The Morgan fingerprint density at radius 3 is 2.71 bits per heavy atom. The molecule has 0 aromatic heterocycles. The van der Waals surface area contributed by atoms with Crippen molar-refractivity contribution in [1.29, 1.82) is 0 Å². The van der Waals surface area contributed by atoms with Crippen molar-refractivity contribution in [3.8, 4) is 0 Å². The van der Waals surface area contributed by atoms with E-state index in [9.17, 15) is 4.79 Å². The number of hydrogen-bond donors (Lipinski definition) is 1. The van der Waals surface area contributed by atoms with E-state index in [-0.39, 0.29) is 0 Å². The van der Waals surface area contributed by atoms with E-state index in [4.69, 9.17) is 5.11 Å². The number of aliphatic carboxylic acids is 1. The molecule has 1 aromatic rings. The van der Waals surface area contributed by atoms with Gasteiger partial charge in [0, 0.05) is 0 Å². The van der Waals surface area contributed by atoms with Crippen molar-refractivity contribution in [3.05, 3.63) is 40.5 Å². The molecule has 0 unspecified atom stereocenters. The van der Waals surface area contributed by atoms with E-state index in [1.165, 1.54) is 0 Å². The van der Waals surface area contributed by atoms with Gasteiger partial charge in [-0.2, -0.15) is 0 Å². The van der Waals surface area contributed by atoms with Gasteiger partial charge in [0.25, 0.3) is 0 Å². The topological polar surface area (TPSA) is 37.3 Å². The van der Waals surface area contributed by atoms with Gasteiger partial charge in [0.1, 0.15) is 0 Å². The lowest BCUT2D eigenvalue weighted by molar-refractivity contribution is -0.130. The maximum absolute atomic E-state index is 11.0. The quantitative estimate of drug-likeness (QED) is 0.734. The van der Waals surface area contributed by atoms with Crippen LogP contribution in [0.15, 0.2) is 23.8 Å². The fourth-order valence-electron chi connectivity index (χ4n) is 1.98. The summed E-state index contributed by atoms with van der Waals surface area (Å²) in [5.74, 6) is -0.813. The van der Waals surface area contributed by atoms with E-state index in [0.29, 0.717) is 5.57 Å². The third-order valence-corrected chi connectivity index (χ3v) is 2.63. The number of carboxylic acid groups (broad SMARTS) is 1. The van der Waals surface area contributed by atoms with Crippen LogP contribution in [0.4, 0.5) is 0 Å². The molecule has 2 rings (SSSR count). The molecule has 0 spiro atoms. The average Bonchev–Trinajstić information content (AvgIpc) is 2.40. The zero-order chi connectivity index (χ0) is 10.3. The minimum atomic E-state index is -0.813. The highest BCUT2D eigenvalue weighted by Crippen LogP contribution is 2.33. The molecular weight excluding hydrogens is 176 g/mol. The summed E-state index contributed by atoms with van der Waals surface area (Å²) >= 11 is 0. The lowest BCUT2D eigenvalue weighted by Gasteiger charge is -2.02. The van der Waals surface area contributed by atoms with Crippen LogP contribution in [0.25, 0.3) is 5.57 Å². The van der Waals surface area contributed by atoms with Gasteiger partial charge in [0.2, 0.25) is 0 Å². The first kappa shape index (κ1) is 9.00. The molecule has 0 atom stereocenters. The molecule has 1 aliphatic carbocycles. The minimum Gasteiger partial charge on any atom is -0.478 e. The van der Waals surface area contributed by atoms with E-state index < -0.39 is 5.97 Å². The van der Waals surface area contributed by atoms with E-state index in [1.54, 1.807) is 0 Å². The van der Waals surface area contributed by atoms with Gasteiger partial charge < -0.3 is 5.11 Å². The van der Waals surface area contributed by atoms with E-state index in [1.807, 2.05) is 32.0 Å². The monoisotopic (exact) mass is 188 g/mol. The smallest absolute Gasteiger partial charge is 0.336 e. The molecule has 0 saturated carbocycles. The van der Waals surface area contributed by atoms with Gasteiger partial charge in [-0.25, -0.2) is 4.79 Å². The van der Waals surface area contributed by atoms with Crippen molar-refractivity contribution in [2.75, 3.05) is 0 Å². The summed E-state index contributed by atoms with van der Waals surface area (Å²) in [6, 6.07) is 6.00. The van der Waals surface area contributed by atoms with Gasteiger partial charge in [-0.1, -0.05) is 29.3 Å². The average molecular weight is 188 g/mol. The zero-order valence-corrected chi connectivity index (χ0v) is 8.29. The van der Waals surface area contributed by atoms with Crippen LogP contribution in [0.5, 0.6) is 0 Å². The van der Waals surface area contributed by atoms with Crippen LogP contribution in [0.1, 0.15) is 23.6 Å². The number of benzene rings is 1. The normalized spacial score (nSPS) is 14.4. The van der Waals surface area contributed by atoms with Crippen LogP contribution in [-0.4, -0.2) is 11.1 Å². The molecule has 1 N–H and O–H groups in total. The predicted octanol–water partition coefficient (Wildman–Crippen LogP) is 2.41. The van der Waals surface area contributed by atoms with Gasteiger partial charge in [-0.05, 0) is 31.4 Å². The molecular formula is C12H12O2. The number of carboxylic acids is 1. The van der Waals surface area contributed by atoms with Gasteiger partial charge in [0.15, 0.2) is 0 Å². The third-order valence-electron chi connectivity index (χ3n) is 2.63. The molecule has 0 heterocycles. The molecule has 0 saturated heterocycles. The molecule has 0 amide bonds. The second kappa shape index (κ2) is 2.98. The zero-order valence-electron chi connectivity index (χ0n) is 8.29. The van der Waals surface area contributed by atoms with Crippen molar-refractivity contribution < 1.29 is 9.90 Å². The van der Waals surface area contributed by atoms with Gasteiger partial charge in [0.05, 0.1) is 5.57 Å². The Morgan fingerprint density at radius 2 is 2.07 bits per heavy atom.